The average molecular weight is 272 g/mol. The molecule has 0 unspecified atom stereocenters. The van der Waals surface area contributed by atoms with Crippen LogP contribution in [-0.2, 0) is 6.54 Å². The van der Waals surface area contributed by atoms with E-state index in [9.17, 15) is 0 Å². The van der Waals surface area contributed by atoms with Gasteiger partial charge in [0.2, 0.25) is 5.95 Å². The van der Waals surface area contributed by atoms with Crippen molar-refractivity contribution in [2.24, 2.45) is 0 Å². The maximum Gasteiger partial charge on any atom is 0.226 e. The van der Waals surface area contributed by atoms with Crippen molar-refractivity contribution >= 4 is 22.9 Å². The van der Waals surface area contributed by atoms with Crippen molar-refractivity contribution in [2.75, 3.05) is 24.2 Å². The van der Waals surface area contributed by atoms with Crippen LogP contribution in [0.4, 0.5) is 11.8 Å². The zero-order chi connectivity index (χ0) is 13.8. The fourth-order valence-electron chi connectivity index (χ4n) is 1.95. The first-order valence-corrected chi connectivity index (χ1v) is 6.47. The molecule has 0 saturated carbocycles. The maximum atomic E-state index is 4.40. The van der Waals surface area contributed by atoms with Crippen LogP contribution in [-0.4, -0.2) is 43.3 Å². The van der Waals surface area contributed by atoms with Crippen molar-refractivity contribution in [3.63, 3.8) is 0 Å². The van der Waals surface area contributed by atoms with Gasteiger partial charge in [0.25, 0.3) is 0 Å². The zero-order valence-corrected chi connectivity index (χ0v) is 11.2. The van der Waals surface area contributed by atoms with E-state index >= 15 is 0 Å². The van der Waals surface area contributed by atoms with Gasteiger partial charge in [-0.25, -0.2) is 4.98 Å². The van der Waals surface area contributed by atoms with Crippen LogP contribution in [0.2, 0.25) is 0 Å². The lowest BCUT2D eigenvalue weighted by Crippen LogP contribution is -2.09. The van der Waals surface area contributed by atoms with Crippen molar-refractivity contribution in [1.29, 1.82) is 0 Å². The van der Waals surface area contributed by atoms with Crippen molar-refractivity contribution < 1.29 is 0 Å². The number of H-pyrrole nitrogens is 1. The summed E-state index contributed by atoms with van der Waals surface area (Å²) < 4.78 is 1.91. The van der Waals surface area contributed by atoms with Crippen LogP contribution < -0.4 is 10.6 Å². The Balaban J connectivity index is 1.65. The molecule has 3 aromatic heterocycles. The van der Waals surface area contributed by atoms with Gasteiger partial charge in [0.15, 0.2) is 11.5 Å². The summed E-state index contributed by atoms with van der Waals surface area (Å²) in [5.41, 5.74) is 1.47. The highest BCUT2D eigenvalue weighted by molar-refractivity contribution is 5.83. The summed E-state index contributed by atoms with van der Waals surface area (Å²) in [7, 11) is 1.79. The Morgan fingerprint density at radius 2 is 2.30 bits per heavy atom. The van der Waals surface area contributed by atoms with E-state index in [-0.39, 0.29) is 0 Å². The SMILES string of the molecule is CNc1nc(NCCCn2cccn2)c2[nH]cnc2n1. The van der Waals surface area contributed by atoms with Gasteiger partial charge in [-0.3, -0.25) is 4.68 Å². The Kier molecular flexibility index (Phi) is 3.44. The molecule has 0 radical (unpaired) electrons. The van der Waals surface area contributed by atoms with E-state index in [1.807, 2.05) is 16.9 Å². The van der Waals surface area contributed by atoms with Crippen LogP contribution >= 0.6 is 0 Å². The van der Waals surface area contributed by atoms with Crippen LogP contribution in [0.5, 0.6) is 0 Å². The zero-order valence-electron chi connectivity index (χ0n) is 11.2. The molecule has 0 saturated heterocycles. The Labute approximate surface area is 115 Å². The van der Waals surface area contributed by atoms with Gasteiger partial charge < -0.3 is 15.6 Å². The van der Waals surface area contributed by atoms with Gasteiger partial charge in [0.1, 0.15) is 5.52 Å². The van der Waals surface area contributed by atoms with E-state index in [0.717, 1.165) is 30.8 Å². The number of anilines is 2. The van der Waals surface area contributed by atoms with E-state index in [1.54, 1.807) is 19.6 Å². The maximum absolute atomic E-state index is 4.40. The van der Waals surface area contributed by atoms with Crippen molar-refractivity contribution in [1.82, 2.24) is 29.7 Å². The Bertz CT molecular complexity index is 672. The molecule has 8 nitrogen and oxygen atoms in total. The van der Waals surface area contributed by atoms with Gasteiger partial charge in [0.05, 0.1) is 6.33 Å². The van der Waals surface area contributed by atoms with Crippen LogP contribution in [0.3, 0.4) is 0 Å². The van der Waals surface area contributed by atoms with Crippen molar-refractivity contribution in [3.8, 4) is 0 Å². The summed E-state index contributed by atoms with van der Waals surface area (Å²) in [4.78, 5) is 15.9. The molecule has 3 aromatic rings. The predicted molar refractivity (Wildman–Crippen MR) is 76.6 cm³/mol. The fraction of sp³-hybridized carbons (Fsp3) is 0.333. The Morgan fingerprint density at radius 1 is 1.35 bits per heavy atom. The minimum absolute atomic E-state index is 0.555. The van der Waals surface area contributed by atoms with Gasteiger partial charge in [-0.05, 0) is 12.5 Å². The molecule has 20 heavy (non-hydrogen) atoms. The van der Waals surface area contributed by atoms with Crippen molar-refractivity contribution in [3.05, 3.63) is 24.8 Å². The first-order valence-electron chi connectivity index (χ1n) is 6.47. The Morgan fingerprint density at radius 3 is 3.10 bits per heavy atom. The molecule has 0 fully saturated rings. The number of rotatable bonds is 6. The van der Waals surface area contributed by atoms with Crippen LogP contribution in [0.15, 0.2) is 24.8 Å². The number of fused-ring (bicyclic) bond motifs is 1. The molecule has 0 aliphatic rings. The molecule has 0 aromatic carbocycles. The molecule has 0 aliphatic heterocycles. The average Bonchev–Trinajstić information content (AvgIpc) is 3.13. The topological polar surface area (TPSA) is 96.3 Å². The molecular weight excluding hydrogens is 256 g/mol. The number of aryl methyl sites for hydroxylation is 1. The molecular formula is C12H16N8. The highest BCUT2D eigenvalue weighted by Gasteiger charge is 2.08. The van der Waals surface area contributed by atoms with E-state index in [4.69, 9.17) is 0 Å². The predicted octanol–water partition coefficient (Wildman–Crippen LogP) is 1.09. The third kappa shape index (κ3) is 2.53. The van der Waals surface area contributed by atoms with E-state index in [0.29, 0.717) is 11.6 Å². The summed E-state index contributed by atoms with van der Waals surface area (Å²) >= 11 is 0. The lowest BCUT2D eigenvalue weighted by atomic mass is 10.4. The molecule has 0 amide bonds. The second-order valence-electron chi connectivity index (χ2n) is 4.30. The summed E-state index contributed by atoms with van der Waals surface area (Å²) in [6.45, 7) is 1.67. The van der Waals surface area contributed by atoms with Gasteiger partial charge >= 0.3 is 0 Å². The number of aromatic nitrogens is 6. The summed E-state index contributed by atoms with van der Waals surface area (Å²) in [5, 5.41) is 10.4. The van der Waals surface area contributed by atoms with Crippen LogP contribution in [0.1, 0.15) is 6.42 Å². The van der Waals surface area contributed by atoms with E-state index in [2.05, 4.69) is 35.7 Å². The fourth-order valence-corrected chi connectivity index (χ4v) is 1.95. The molecule has 0 atom stereocenters. The number of imidazole rings is 1. The van der Waals surface area contributed by atoms with Crippen LogP contribution in [0.25, 0.3) is 11.2 Å². The minimum atomic E-state index is 0.555. The summed E-state index contributed by atoms with van der Waals surface area (Å²) in [5.74, 6) is 1.32. The number of aromatic amines is 1. The summed E-state index contributed by atoms with van der Waals surface area (Å²) in [6, 6.07) is 1.92. The molecule has 0 aliphatic carbocycles. The Hall–Kier alpha value is -2.64. The molecule has 8 heteroatoms. The summed E-state index contributed by atoms with van der Waals surface area (Å²) in [6.07, 6.45) is 6.31. The largest absolute Gasteiger partial charge is 0.368 e. The highest BCUT2D eigenvalue weighted by atomic mass is 15.3. The van der Waals surface area contributed by atoms with E-state index < -0.39 is 0 Å². The molecule has 0 spiro atoms. The third-order valence-electron chi connectivity index (χ3n) is 2.92. The number of nitrogens with zero attached hydrogens (tertiary/aromatic N) is 5. The second-order valence-corrected chi connectivity index (χ2v) is 4.30. The van der Waals surface area contributed by atoms with Crippen molar-refractivity contribution in [2.45, 2.75) is 13.0 Å². The highest BCUT2D eigenvalue weighted by Crippen LogP contribution is 2.18. The lowest BCUT2D eigenvalue weighted by molar-refractivity contribution is 0.591. The smallest absolute Gasteiger partial charge is 0.226 e. The normalized spacial score (nSPS) is 10.8. The van der Waals surface area contributed by atoms with Gasteiger partial charge in [0, 0.05) is 32.5 Å². The molecule has 0 bridgehead atoms. The van der Waals surface area contributed by atoms with Crippen LogP contribution in [0, 0.1) is 0 Å². The molecule has 104 valence electrons. The first kappa shape index (κ1) is 12.4. The molecule has 3 rings (SSSR count). The number of nitrogens with one attached hydrogen (secondary N) is 3. The second kappa shape index (κ2) is 5.55. The van der Waals surface area contributed by atoms with Gasteiger partial charge in [-0.15, -0.1) is 0 Å². The third-order valence-corrected chi connectivity index (χ3v) is 2.92. The lowest BCUT2D eigenvalue weighted by Gasteiger charge is -2.08. The minimum Gasteiger partial charge on any atom is -0.368 e. The van der Waals surface area contributed by atoms with E-state index in [1.165, 1.54) is 0 Å². The van der Waals surface area contributed by atoms with Gasteiger partial charge in [-0.1, -0.05) is 0 Å². The number of hydrogen-bond donors (Lipinski definition) is 3. The quantitative estimate of drug-likeness (QED) is 0.581. The first-order chi connectivity index (χ1) is 9.86. The standard InChI is InChI=1S/C12H16N8/c1-13-12-18-10(9-11(19-12)16-8-15-9)14-4-2-6-20-7-3-5-17-20/h3,5,7-8H,2,4,6H2,1H3,(H3,13,14,15,16,18,19). The number of hydrogen-bond acceptors (Lipinski definition) is 6. The molecule has 3 N–H and O–H groups in total. The monoisotopic (exact) mass is 272 g/mol. The molecule has 3 heterocycles. The van der Waals surface area contributed by atoms with Gasteiger partial charge in [-0.2, -0.15) is 15.1 Å².